The van der Waals surface area contributed by atoms with E-state index in [1.54, 1.807) is 20.0 Å². The van der Waals surface area contributed by atoms with E-state index in [0.29, 0.717) is 5.46 Å². The second kappa shape index (κ2) is 3.05. The summed E-state index contributed by atoms with van der Waals surface area (Å²) < 4.78 is 0.862. The van der Waals surface area contributed by atoms with Crippen LogP contribution >= 0.6 is 15.9 Å². The third kappa shape index (κ3) is 1.80. The Kier molecular flexibility index (Phi) is 2.29. The summed E-state index contributed by atoms with van der Waals surface area (Å²) in [5.41, 5.74) is 0.831. The average molecular weight is 214 g/mol. The molecule has 3 nitrogen and oxygen atoms in total. The maximum absolute atomic E-state index is 10.3. The SMILES string of the molecule is Bc1cc(Br)ccc1[N+](=O)[O-]. The van der Waals surface area contributed by atoms with E-state index in [4.69, 9.17) is 0 Å². The molecule has 0 bridgehead atoms. The van der Waals surface area contributed by atoms with Crippen LogP contribution in [0.1, 0.15) is 0 Å². The minimum Gasteiger partial charge on any atom is -0.258 e. The molecule has 1 rings (SSSR count). The van der Waals surface area contributed by atoms with Gasteiger partial charge in [0.1, 0.15) is 7.85 Å². The van der Waals surface area contributed by atoms with Gasteiger partial charge >= 0.3 is 0 Å². The van der Waals surface area contributed by atoms with Gasteiger partial charge in [-0.25, -0.2) is 0 Å². The number of nitro groups is 1. The van der Waals surface area contributed by atoms with Crippen molar-refractivity contribution >= 4 is 34.9 Å². The molecule has 0 saturated carbocycles. The number of nitro benzene ring substituents is 1. The standard InChI is InChI=1S/C6H5BBrNO2/c7-5-3-4(8)1-2-6(5)9(10)11/h1-3H,7H2. The topological polar surface area (TPSA) is 43.1 Å². The van der Waals surface area contributed by atoms with Crippen molar-refractivity contribution in [2.24, 2.45) is 0 Å². The molecule has 5 heteroatoms. The molecular formula is C6H5BBrNO2. The van der Waals surface area contributed by atoms with Crippen molar-refractivity contribution in [3.05, 3.63) is 32.8 Å². The van der Waals surface area contributed by atoms with E-state index >= 15 is 0 Å². The summed E-state index contributed by atoms with van der Waals surface area (Å²) in [5.74, 6) is 0. The molecule has 1 aromatic carbocycles. The lowest BCUT2D eigenvalue weighted by atomic mass is 9.94. The average Bonchev–Trinajstić information content (AvgIpc) is 1.85. The molecule has 0 heterocycles. The predicted molar refractivity (Wildman–Crippen MR) is 49.0 cm³/mol. The summed E-state index contributed by atoms with van der Waals surface area (Å²) in [6.07, 6.45) is 0. The fraction of sp³-hybridized carbons (Fsp3) is 0. The predicted octanol–water partition coefficient (Wildman–Crippen LogP) is 0.616. The van der Waals surface area contributed by atoms with Gasteiger partial charge in [-0.2, -0.15) is 0 Å². The zero-order valence-corrected chi connectivity index (χ0v) is 7.46. The molecule has 11 heavy (non-hydrogen) atoms. The van der Waals surface area contributed by atoms with Crippen molar-refractivity contribution in [3.63, 3.8) is 0 Å². The number of hydrogen-bond acceptors (Lipinski definition) is 2. The van der Waals surface area contributed by atoms with Crippen LogP contribution in [0, 0.1) is 10.1 Å². The Hall–Kier alpha value is -0.835. The Morgan fingerprint density at radius 2 is 2.18 bits per heavy atom. The van der Waals surface area contributed by atoms with Crippen molar-refractivity contribution < 1.29 is 4.92 Å². The second-order valence-corrected chi connectivity index (χ2v) is 3.10. The summed E-state index contributed by atoms with van der Waals surface area (Å²) in [7, 11) is 1.71. The quantitative estimate of drug-likeness (QED) is 0.390. The maximum Gasteiger partial charge on any atom is 0.263 e. The van der Waals surface area contributed by atoms with Crippen LogP contribution in [0.15, 0.2) is 22.7 Å². The molecule has 56 valence electrons. The van der Waals surface area contributed by atoms with Gasteiger partial charge in [0.15, 0.2) is 0 Å². The molecule has 0 amide bonds. The van der Waals surface area contributed by atoms with E-state index in [2.05, 4.69) is 15.9 Å². The van der Waals surface area contributed by atoms with Crippen LogP contribution in [0.2, 0.25) is 0 Å². The van der Waals surface area contributed by atoms with Crippen LogP contribution < -0.4 is 5.46 Å². The molecule has 0 spiro atoms. The Morgan fingerprint density at radius 3 is 2.64 bits per heavy atom. The molecule has 0 radical (unpaired) electrons. The van der Waals surface area contributed by atoms with E-state index in [-0.39, 0.29) is 10.6 Å². The van der Waals surface area contributed by atoms with E-state index in [1.165, 1.54) is 6.07 Å². The molecule has 0 unspecified atom stereocenters. The van der Waals surface area contributed by atoms with Crippen molar-refractivity contribution in [2.45, 2.75) is 0 Å². The lowest BCUT2D eigenvalue weighted by Crippen LogP contribution is -2.08. The highest BCUT2D eigenvalue weighted by Crippen LogP contribution is 2.12. The third-order valence-corrected chi connectivity index (χ3v) is 1.85. The summed E-state index contributed by atoms with van der Waals surface area (Å²) >= 11 is 3.22. The van der Waals surface area contributed by atoms with Crippen LogP contribution in [0.5, 0.6) is 0 Å². The van der Waals surface area contributed by atoms with Gasteiger partial charge < -0.3 is 0 Å². The molecule has 0 atom stereocenters. The van der Waals surface area contributed by atoms with Gasteiger partial charge in [0.25, 0.3) is 5.69 Å². The third-order valence-electron chi connectivity index (χ3n) is 1.36. The molecule has 0 aliphatic carbocycles. The van der Waals surface area contributed by atoms with Gasteiger partial charge in [0.05, 0.1) is 4.92 Å². The summed E-state index contributed by atoms with van der Waals surface area (Å²) in [6.45, 7) is 0. The van der Waals surface area contributed by atoms with Crippen molar-refractivity contribution in [2.75, 3.05) is 0 Å². The lowest BCUT2D eigenvalue weighted by Gasteiger charge is -1.95. The molecule has 1 aromatic rings. The van der Waals surface area contributed by atoms with Crippen LogP contribution in [0.4, 0.5) is 5.69 Å². The van der Waals surface area contributed by atoms with E-state index in [0.717, 1.165) is 4.47 Å². The molecule has 0 N–H and O–H groups in total. The van der Waals surface area contributed by atoms with E-state index in [1.807, 2.05) is 0 Å². The Balaban J connectivity index is 3.20. The van der Waals surface area contributed by atoms with Gasteiger partial charge in [-0.05, 0) is 17.6 Å². The first-order chi connectivity index (χ1) is 5.11. The van der Waals surface area contributed by atoms with Gasteiger partial charge in [0.2, 0.25) is 0 Å². The summed E-state index contributed by atoms with van der Waals surface area (Å²) in [6, 6.07) is 4.86. The van der Waals surface area contributed by atoms with Gasteiger partial charge in [-0.1, -0.05) is 15.9 Å². The molecule has 0 aliphatic heterocycles. The summed E-state index contributed by atoms with van der Waals surface area (Å²) in [4.78, 5) is 9.94. The zero-order chi connectivity index (χ0) is 8.43. The highest BCUT2D eigenvalue weighted by molar-refractivity contribution is 9.10. The first-order valence-corrected chi connectivity index (χ1v) is 3.81. The second-order valence-electron chi connectivity index (χ2n) is 2.19. The number of benzene rings is 1. The van der Waals surface area contributed by atoms with Crippen molar-refractivity contribution in [3.8, 4) is 0 Å². The number of rotatable bonds is 1. The Morgan fingerprint density at radius 1 is 1.55 bits per heavy atom. The summed E-state index contributed by atoms with van der Waals surface area (Å²) in [5, 5.41) is 10.3. The zero-order valence-electron chi connectivity index (χ0n) is 5.87. The van der Waals surface area contributed by atoms with Crippen LogP contribution in [-0.4, -0.2) is 12.8 Å². The van der Waals surface area contributed by atoms with Crippen LogP contribution in [-0.2, 0) is 0 Å². The van der Waals surface area contributed by atoms with Gasteiger partial charge in [0, 0.05) is 10.5 Å². The molecule has 0 saturated heterocycles. The largest absolute Gasteiger partial charge is 0.263 e. The molecule has 0 fully saturated rings. The monoisotopic (exact) mass is 213 g/mol. The minimum absolute atomic E-state index is 0.160. The Bertz CT molecular complexity index is 303. The molecule has 0 aliphatic rings. The number of nitrogens with zero attached hydrogens (tertiary/aromatic N) is 1. The highest BCUT2D eigenvalue weighted by atomic mass is 79.9. The van der Waals surface area contributed by atoms with Crippen LogP contribution in [0.25, 0.3) is 0 Å². The van der Waals surface area contributed by atoms with Crippen molar-refractivity contribution in [1.29, 1.82) is 0 Å². The molecule has 0 aromatic heterocycles. The Labute approximate surface area is 73.1 Å². The van der Waals surface area contributed by atoms with Crippen LogP contribution in [0.3, 0.4) is 0 Å². The lowest BCUT2D eigenvalue weighted by molar-refractivity contribution is -0.383. The van der Waals surface area contributed by atoms with E-state index < -0.39 is 0 Å². The maximum atomic E-state index is 10.3. The smallest absolute Gasteiger partial charge is 0.258 e. The fourth-order valence-corrected chi connectivity index (χ4v) is 1.30. The van der Waals surface area contributed by atoms with Crippen molar-refractivity contribution in [1.82, 2.24) is 0 Å². The van der Waals surface area contributed by atoms with E-state index in [9.17, 15) is 10.1 Å². The normalized spacial score (nSPS) is 9.55. The number of hydrogen-bond donors (Lipinski definition) is 0. The van der Waals surface area contributed by atoms with Gasteiger partial charge in [-0.15, -0.1) is 0 Å². The van der Waals surface area contributed by atoms with Gasteiger partial charge in [-0.3, -0.25) is 10.1 Å². The first-order valence-electron chi connectivity index (χ1n) is 3.02. The minimum atomic E-state index is -0.387. The first kappa shape index (κ1) is 8.26. The fourth-order valence-electron chi connectivity index (χ4n) is 0.824. The number of halogens is 1. The highest BCUT2D eigenvalue weighted by Gasteiger charge is 2.08. The molecular weight excluding hydrogens is 209 g/mol.